The Hall–Kier alpha value is -0.950. The van der Waals surface area contributed by atoms with Crippen LogP contribution in [0.3, 0.4) is 0 Å². The molecule has 0 radical (unpaired) electrons. The maximum absolute atomic E-state index is 12.5. The van der Waals surface area contributed by atoms with Gasteiger partial charge in [-0.25, -0.2) is 0 Å². The Morgan fingerprint density at radius 2 is 2.15 bits per heavy atom. The Morgan fingerprint density at radius 3 is 2.65 bits per heavy atom. The van der Waals surface area contributed by atoms with Crippen molar-refractivity contribution in [3.63, 3.8) is 0 Å². The van der Waals surface area contributed by atoms with Crippen LogP contribution in [0.15, 0.2) is 17.0 Å². The van der Waals surface area contributed by atoms with Gasteiger partial charge in [-0.2, -0.15) is 18.4 Å². The average molecular weight is 415 g/mol. The number of nitrogens with zero attached hydrogens (tertiary/aromatic N) is 1. The summed E-state index contributed by atoms with van der Waals surface area (Å²) in [7, 11) is 0. The molecule has 0 amide bonds. The zero-order chi connectivity index (χ0) is 15.3. The van der Waals surface area contributed by atoms with Crippen LogP contribution < -0.4 is 0 Å². The normalized spacial score (nSPS) is 11.0. The van der Waals surface area contributed by atoms with E-state index in [-0.39, 0.29) is 40.8 Å². The molecular weight excluding hydrogens is 406 g/mol. The number of rotatable bonds is 4. The second kappa shape index (κ2) is 7.17. The Bertz CT molecular complexity index is 555. The lowest BCUT2D eigenvalue weighted by atomic mass is 10.1. The van der Waals surface area contributed by atoms with Crippen molar-refractivity contribution in [2.45, 2.75) is 23.7 Å². The molecule has 0 spiro atoms. The molecule has 1 aromatic rings. The van der Waals surface area contributed by atoms with Gasteiger partial charge in [-0.1, -0.05) is 0 Å². The number of carbonyl (C=O) groups excluding carboxylic acids is 1. The molecule has 0 aliphatic carbocycles. The van der Waals surface area contributed by atoms with Crippen LogP contribution in [-0.4, -0.2) is 18.1 Å². The Kier molecular flexibility index (Phi) is 6.13. The molecule has 0 fully saturated rings. The number of ether oxygens (including phenoxy) is 1. The smallest absolute Gasteiger partial charge is 0.446 e. The monoisotopic (exact) mass is 415 g/mol. The van der Waals surface area contributed by atoms with Crippen molar-refractivity contribution in [3.8, 4) is 6.07 Å². The van der Waals surface area contributed by atoms with E-state index in [2.05, 4.69) is 0 Å². The number of halogens is 4. The van der Waals surface area contributed by atoms with Gasteiger partial charge in [0.2, 0.25) is 0 Å². The van der Waals surface area contributed by atoms with E-state index in [4.69, 9.17) is 10.00 Å². The van der Waals surface area contributed by atoms with Crippen LogP contribution in [0.1, 0.15) is 18.1 Å². The fourth-order valence-corrected chi connectivity index (χ4v) is 3.08. The fraction of sp³-hybridized carbons (Fsp3) is 0.333. The Balaban J connectivity index is 3.21. The number of hydrogen-bond acceptors (Lipinski definition) is 4. The SMILES string of the molecule is CCOC(=O)Cc1c(SC(F)(F)F)ccc(C#N)c1I. The first kappa shape index (κ1) is 17.1. The van der Waals surface area contributed by atoms with Gasteiger partial charge >= 0.3 is 11.5 Å². The number of benzene rings is 1. The maximum atomic E-state index is 12.5. The topological polar surface area (TPSA) is 50.1 Å². The molecule has 0 heterocycles. The molecule has 0 aliphatic heterocycles. The molecule has 0 unspecified atom stereocenters. The number of nitriles is 1. The van der Waals surface area contributed by atoms with E-state index >= 15 is 0 Å². The summed E-state index contributed by atoms with van der Waals surface area (Å²) in [5.41, 5.74) is -4.05. The van der Waals surface area contributed by atoms with Gasteiger partial charge in [0.1, 0.15) is 6.07 Å². The summed E-state index contributed by atoms with van der Waals surface area (Å²) in [5.74, 6) is -0.621. The predicted octanol–water partition coefficient (Wildman–Crippen LogP) is 3.88. The van der Waals surface area contributed by atoms with E-state index in [0.29, 0.717) is 3.57 Å². The molecular formula is C12H9F3INO2S. The van der Waals surface area contributed by atoms with Crippen LogP contribution >= 0.6 is 34.4 Å². The number of alkyl halides is 3. The highest BCUT2D eigenvalue weighted by molar-refractivity contribution is 14.1. The van der Waals surface area contributed by atoms with E-state index < -0.39 is 11.5 Å². The van der Waals surface area contributed by atoms with Crippen molar-refractivity contribution in [1.82, 2.24) is 0 Å². The molecule has 0 N–H and O–H groups in total. The second-order valence-electron chi connectivity index (χ2n) is 3.55. The van der Waals surface area contributed by atoms with Crippen LogP contribution in [0.4, 0.5) is 13.2 Å². The van der Waals surface area contributed by atoms with Crippen LogP contribution in [0.2, 0.25) is 0 Å². The summed E-state index contributed by atoms with van der Waals surface area (Å²) in [4.78, 5) is 11.4. The highest BCUT2D eigenvalue weighted by Gasteiger charge is 2.31. The Labute approximate surface area is 131 Å². The first-order valence-electron chi connectivity index (χ1n) is 5.41. The van der Waals surface area contributed by atoms with Gasteiger partial charge in [-0.05, 0) is 59.0 Å². The third-order valence-corrected chi connectivity index (χ3v) is 4.24. The van der Waals surface area contributed by atoms with Gasteiger partial charge in [0.25, 0.3) is 0 Å². The third-order valence-electron chi connectivity index (χ3n) is 2.17. The lowest BCUT2D eigenvalue weighted by molar-refractivity contribution is -0.142. The molecule has 0 saturated heterocycles. The van der Waals surface area contributed by atoms with E-state index in [1.807, 2.05) is 6.07 Å². The van der Waals surface area contributed by atoms with E-state index in [0.717, 1.165) is 0 Å². The zero-order valence-electron chi connectivity index (χ0n) is 10.3. The van der Waals surface area contributed by atoms with Gasteiger partial charge in [-0.3, -0.25) is 4.79 Å². The van der Waals surface area contributed by atoms with E-state index in [9.17, 15) is 18.0 Å². The standard InChI is InChI=1S/C12H9F3INO2S/c1-2-19-10(18)5-8-9(20-12(13,14)15)4-3-7(6-17)11(8)16/h3-4H,2,5H2,1H3. The van der Waals surface area contributed by atoms with Gasteiger partial charge in [0.05, 0.1) is 18.6 Å². The number of carbonyl (C=O) groups is 1. The highest BCUT2D eigenvalue weighted by atomic mass is 127. The molecule has 0 saturated carbocycles. The van der Waals surface area contributed by atoms with Gasteiger partial charge in [0.15, 0.2) is 0 Å². The van der Waals surface area contributed by atoms with Crippen molar-refractivity contribution in [1.29, 1.82) is 5.26 Å². The Morgan fingerprint density at radius 1 is 1.50 bits per heavy atom. The summed E-state index contributed by atoms with van der Waals surface area (Å²) in [5, 5.41) is 8.90. The van der Waals surface area contributed by atoms with Crippen molar-refractivity contribution >= 4 is 40.3 Å². The molecule has 1 aromatic carbocycles. The largest absolute Gasteiger partial charge is 0.466 e. The molecule has 0 atom stereocenters. The van der Waals surface area contributed by atoms with E-state index in [1.165, 1.54) is 12.1 Å². The van der Waals surface area contributed by atoms with Crippen LogP contribution in [0, 0.1) is 14.9 Å². The van der Waals surface area contributed by atoms with Crippen LogP contribution in [-0.2, 0) is 16.0 Å². The third kappa shape index (κ3) is 4.86. The van der Waals surface area contributed by atoms with Gasteiger partial charge in [0, 0.05) is 8.47 Å². The fourth-order valence-electron chi connectivity index (χ4n) is 1.43. The lowest BCUT2D eigenvalue weighted by Gasteiger charge is -2.13. The summed E-state index contributed by atoms with van der Waals surface area (Å²) in [6.07, 6.45) is -0.292. The lowest BCUT2D eigenvalue weighted by Crippen LogP contribution is -2.11. The quantitative estimate of drug-likeness (QED) is 0.426. The van der Waals surface area contributed by atoms with Crippen molar-refractivity contribution in [3.05, 3.63) is 26.8 Å². The zero-order valence-corrected chi connectivity index (χ0v) is 13.2. The first-order chi connectivity index (χ1) is 9.28. The average Bonchev–Trinajstić information content (AvgIpc) is 2.32. The molecule has 0 aromatic heterocycles. The minimum atomic E-state index is -4.46. The van der Waals surface area contributed by atoms with Crippen LogP contribution in [0.25, 0.3) is 0 Å². The molecule has 3 nitrogen and oxygen atoms in total. The molecule has 8 heteroatoms. The molecule has 20 heavy (non-hydrogen) atoms. The molecule has 0 bridgehead atoms. The number of esters is 1. The summed E-state index contributed by atoms with van der Waals surface area (Å²) in [6.45, 7) is 1.76. The van der Waals surface area contributed by atoms with E-state index in [1.54, 1.807) is 29.5 Å². The maximum Gasteiger partial charge on any atom is 0.446 e. The molecule has 0 aliphatic rings. The minimum absolute atomic E-state index is 0.0889. The number of thioether (sulfide) groups is 1. The van der Waals surface area contributed by atoms with Gasteiger partial charge < -0.3 is 4.74 Å². The van der Waals surface area contributed by atoms with Gasteiger partial charge in [-0.15, -0.1) is 0 Å². The predicted molar refractivity (Wildman–Crippen MR) is 76.1 cm³/mol. The van der Waals surface area contributed by atoms with Crippen LogP contribution in [0.5, 0.6) is 0 Å². The summed E-state index contributed by atoms with van der Waals surface area (Å²) >= 11 is 1.47. The molecule has 108 valence electrons. The van der Waals surface area contributed by atoms with Crippen molar-refractivity contribution in [2.24, 2.45) is 0 Å². The first-order valence-corrected chi connectivity index (χ1v) is 7.30. The summed E-state index contributed by atoms with van der Waals surface area (Å²) in [6, 6.07) is 4.39. The van der Waals surface area contributed by atoms with Crippen molar-refractivity contribution in [2.75, 3.05) is 6.61 Å². The summed E-state index contributed by atoms with van der Waals surface area (Å²) < 4.78 is 42.6. The number of hydrogen-bond donors (Lipinski definition) is 0. The van der Waals surface area contributed by atoms with Crippen molar-refractivity contribution < 1.29 is 22.7 Å². The molecule has 1 rings (SSSR count). The highest BCUT2D eigenvalue weighted by Crippen LogP contribution is 2.40. The minimum Gasteiger partial charge on any atom is -0.466 e. The second-order valence-corrected chi connectivity index (χ2v) is 5.73.